The fourth-order valence-corrected chi connectivity index (χ4v) is 3.52. The van der Waals surface area contributed by atoms with Crippen LogP contribution in [0.15, 0.2) is 29.4 Å². The summed E-state index contributed by atoms with van der Waals surface area (Å²) < 4.78 is 20.7. The van der Waals surface area contributed by atoms with E-state index in [9.17, 15) is 4.39 Å². The maximum atomic E-state index is 13.1. The van der Waals surface area contributed by atoms with Gasteiger partial charge >= 0.3 is 0 Å². The fourth-order valence-electron chi connectivity index (χ4n) is 2.48. The summed E-state index contributed by atoms with van der Waals surface area (Å²) in [5.41, 5.74) is 6.56. The van der Waals surface area contributed by atoms with Gasteiger partial charge in [-0.25, -0.2) is 4.39 Å². The summed E-state index contributed by atoms with van der Waals surface area (Å²) in [6.07, 6.45) is 3.70. The number of rotatable bonds is 5. The van der Waals surface area contributed by atoms with Crippen molar-refractivity contribution in [2.75, 3.05) is 12.4 Å². The fraction of sp³-hybridized carbons (Fsp3) is 0.467. The lowest BCUT2D eigenvalue weighted by atomic mass is 10.1. The van der Waals surface area contributed by atoms with Gasteiger partial charge in [-0.2, -0.15) is 0 Å². The molecular weight excluding hydrogens is 303 g/mol. The van der Waals surface area contributed by atoms with Gasteiger partial charge in [0, 0.05) is 18.0 Å². The molecule has 0 radical (unpaired) electrons. The lowest BCUT2D eigenvalue weighted by Crippen LogP contribution is -2.21. The number of nitrogens with zero attached hydrogens (tertiary/aromatic N) is 3. The van der Waals surface area contributed by atoms with E-state index in [-0.39, 0.29) is 18.5 Å². The molecule has 0 aliphatic carbocycles. The number of thioether (sulfide) groups is 1. The molecule has 1 saturated heterocycles. The van der Waals surface area contributed by atoms with E-state index in [4.69, 9.17) is 10.5 Å². The minimum absolute atomic E-state index is 0.262. The molecule has 0 bridgehead atoms. The first-order valence-electron chi connectivity index (χ1n) is 7.42. The average molecular weight is 322 g/mol. The number of halogens is 1. The van der Waals surface area contributed by atoms with Crippen molar-refractivity contribution in [3.8, 4) is 5.69 Å². The predicted molar refractivity (Wildman–Crippen MR) is 83.5 cm³/mol. The van der Waals surface area contributed by atoms with Gasteiger partial charge in [-0.1, -0.05) is 11.8 Å². The van der Waals surface area contributed by atoms with Crippen LogP contribution >= 0.6 is 11.8 Å². The molecule has 2 aromatic rings. The van der Waals surface area contributed by atoms with E-state index in [2.05, 4.69) is 10.2 Å². The van der Waals surface area contributed by atoms with Crippen molar-refractivity contribution in [2.24, 2.45) is 5.73 Å². The van der Waals surface area contributed by atoms with E-state index in [1.54, 1.807) is 23.9 Å². The second kappa shape index (κ2) is 7.21. The van der Waals surface area contributed by atoms with Crippen molar-refractivity contribution in [3.63, 3.8) is 0 Å². The third-order valence-corrected chi connectivity index (χ3v) is 4.70. The van der Waals surface area contributed by atoms with E-state index >= 15 is 0 Å². The lowest BCUT2D eigenvalue weighted by Gasteiger charge is -2.21. The highest BCUT2D eigenvalue weighted by Crippen LogP contribution is 2.25. The van der Waals surface area contributed by atoms with Crippen LogP contribution < -0.4 is 5.73 Å². The third-order valence-electron chi connectivity index (χ3n) is 3.64. The molecule has 118 valence electrons. The van der Waals surface area contributed by atoms with Crippen molar-refractivity contribution in [1.29, 1.82) is 0 Å². The van der Waals surface area contributed by atoms with E-state index in [1.807, 2.05) is 4.57 Å². The first-order valence-corrected chi connectivity index (χ1v) is 8.41. The molecule has 1 aromatic heterocycles. The van der Waals surface area contributed by atoms with Gasteiger partial charge in [0.05, 0.1) is 12.6 Å². The molecule has 0 spiro atoms. The third kappa shape index (κ3) is 3.48. The molecule has 1 aliphatic rings. The summed E-state index contributed by atoms with van der Waals surface area (Å²) in [4.78, 5) is 0. The number of hydrogen-bond donors (Lipinski definition) is 1. The quantitative estimate of drug-likeness (QED) is 0.857. The zero-order chi connectivity index (χ0) is 15.4. The summed E-state index contributed by atoms with van der Waals surface area (Å²) in [7, 11) is 0. The largest absolute Gasteiger partial charge is 0.377 e. The second-order valence-corrected chi connectivity index (χ2v) is 6.20. The Labute approximate surface area is 133 Å². The summed E-state index contributed by atoms with van der Waals surface area (Å²) in [5.74, 6) is 1.23. The highest BCUT2D eigenvalue weighted by molar-refractivity contribution is 7.99. The van der Waals surface area contributed by atoms with Crippen LogP contribution in [0, 0.1) is 5.82 Å². The SMILES string of the molecule is NCc1nnc(SCC2CCCCO2)n1-c1ccc(F)cc1. The topological polar surface area (TPSA) is 66.0 Å². The molecule has 1 unspecified atom stereocenters. The second-order valence-electron chi connectivity index (χ2n) is 5.21. The highest BCUT2D eigenvalue weighted by atomic mass is 32.2. The van der Waals surface area contributed by atoms with Crippen LogP contribution in [0.25, 0.3) is 5.69 Å². The average Bonchev–Trinajstić information content (AvgIpc) is 2.97. The van der Waals surface area contributed by atoms with E-state index < -0.39 is 0 Å². The minimum atomic E-state index is -0.268. The zero-order valence-corrected chi connectivity index (χ0v) is 13.1. The van der Waals surface area contributed by atoms with Gasteiger partial charge < -0.3 is 10.5 Å². The molecule has 0 amide bonds. The molecule has 1 atom stereocenters. The predicted octanol–water partition coefficient (Wildman–Crippen LogP) is 2.53. The molecule has 2 N–H and O–H groups in total. The van der Waals surface area contributed by atoms with Crippen LogP contribution in [-0.4, -0.2) is 33.2 Å². The van der Waals surface area contributed by atoms with Gasteiger partial charge in [-0.05, 0) is 43.5 Å². The normalized spacial score (nSPS) is 18.5. The molecule has 7 heteroatoms. The number of nitrogens with two attached hydrogens (primary N) is 1. The number of hydrogen-bond acceptors (Lipinski definition) is 5. The van der Waals surface area contributed by atoms with Gasteiger partial charge in [-0.3, -0.25) is 4.57 Å². The lowest BCUT2D eigenvalue weighted by molar-refractivity contribution is 0.0315. The van der Waals surface area contributed by atoms with Crippen LogP contribution in [0.3, 0.4) is 0 Å². The van der Waals surface area contributed by atoms with Crippen molar-refractivity contribution in [1.82, 2.24) is 14.8 Å². The Balaban J connectivity index is 1.79. The van der Waals surface area contributed by atoms with Crippen LogP contribution in [0.2, 0.25) is 0 Å². The zero-order valence-electron chi connectivity index (χ0n) is 12.2. The van der Waals surface area contributed by atoms with E-state index in [0.29, 0.717) is 5.82 Å². The van der Waals surface area contributed by atoms with Crippen LogP contribution in [-0.2, 0) is 11.3 Å². The van der Waals surface area contributed by atoms with E-state index in [0.717, 1.165) is 36.0 Å². The molecule has 1 aliphatic heterocycles. The number of ether oxygens (including phenoxy) is 1. The molecular formula is C15H19FN4OS. The minimum Gasteiger partial charge on any atom is -0.377 e. The Morgan fingerprint density at radius 1 is 1.27 bits per heavy atom. The van der Waals surface area contributed by atoms with Crippen molar-refractivity contribution < 1.29 is 9.13 Å². The molecule has 5 nitrogen and oxygen atoms in total. The smallest absolute Gasteiger partial charge is 0.195 e. The maximum absolute atomic E-state index is 13.1. The first kappa shape index (κ1) is 15.5. The summed E-state index contributed by atoms with van der Waals surface area (Å²) in [6.45, 7) is 1.12. The first-order chi connectivity index (χ1) is 10.8. The van der Waals surface area contributed by atoms with Crippen LogP contribution in [0.1, 0.15) is 25.1 Å². The van der Waals surface area contributed by atoms with Gasteiger partial charge in [0.25, 0.3) is 0 Å². The number of aromatic nitrogens is 3. The molecule has 22 heavy (non-hydrogen) atoms. The van der Waals surface area contributed by atoms with E-state index in [1.165, 1.54) is 18.6 Å². The Morgan fingerprint density at radius 2 is 2.09 bits per heavy atom. The Morgan fingerprint density at radius 3 is 2.77 bits per heavy atom. The van der Waals surface area contributed by atoms with Crippen molar-refractivity contribution >= 4 is 11.8 Å². The van der Waals surface area contributed by atoms with Crippen molar-refractivity contribution in [3.05, 3.63) is 35.9 Å². The van der Waals surface area contributed by atoms with Gasteiger partial charge in [0.15, 0.2) is 11.0 Å². The highest BCUT2D eigenvalue weighted by Gasteiger charge is 2.18. The van der Waals surface area contributed by atoms with Gasteiger partial charge in [0.1, 0.15) is 5.82 Å². The summed E-state index contributed by atoms with van der Waals surface area (Å²) in [5, 5.41) is 9.11. The van der Waals surface area contributed by atoms with Crippen LogP contribution in [0.5, 0.6) is 0 Å². The molecule has 1 fully saturated rings. The Bertz CT molecular complexity index is 611. The summed E-state index contributed by atoms with van der Waals surface area (Å²) in [6, 6.07) is 6.26. The standard InChI is InChI=1S/C15H19FN4OS/c16-11-4-6-12(7-5-11)20-14(9-17)18-19-15(20)22-10-13-3-1-2-8-21-13/h4-7,13H,1-3,8-10,17H2. The Kier molecular flexibility index (Phi) is 5.07. The maximum Gasteiger partial charge on any atom is 0.195 e. The summed E-state index contributed by atoms with van der Waals surface area (Å²) >= 11 is 1.60. The molecule has 3 rings (SSSR count). The van der Waals surface area contributed by atoms with Gasteiger partial charge in [0.2, 0.25) is 0 Å². The molecule has 0 saturated carbocycles. The van der Waals surface area contributed by atoms with Crippen molar-refractivity contribution in [2.45, 2.75) is 37.1 Å². The van der Waals surface area contributed by atoms with Crippen LogP contribution in [0.4, 0.5) is 4.39 Å². The monoisotopic (exact) mass is 322 g/mol. The molecule has 1 aromatic carbocycles. The number of benzene rings is 1. The Hall–Kier alpha value is -1.44. The molecule has 2 heterocycles. The van der Waals surface area contributed by atoms with Gasteiger partial charge in [-0.15, -0.1) is 10.2 Å².